The molecule has 0 saturated carbocycles. The highest BCUT2D eigenvalue weighted by atomic mass is 16.5. The predicted octanol–water partition coefficient (Wildman–Crippen LogP) is 5.20. The minimum atomic E-state index is -0.110. The van der Waals surface area contributed by atoms with Crippen LogP contribution in [0, 0.1) is 0 Å². The summed E-state index contributed by atoms with van der Waals surface area (Å²) in [5.74, 6) is 1.36. The molecule has 1 fully saturated rings. The summed E-state index contributed by atoms with van der Waals surface area (Å²) < 4.78 is 5.93. The van der Waals surface area contributed by atoms with Crippen molar-refractivity contribution in [2.45, 2.75) is 12.5 Å². The summed E-state index contributed by atoms with van der Waals surface area (Å²) in [6, 6.07) is 27.3. The number of nitrogens with zero attached hydrogens (tertiary/aromatic N) is 1. The van der Waals surface area contributed by atoms with Crippen molar-refractivity contribution >= 4 is 17.4 Å². The van der Waals surface area contributed by atoms with E-state index in [0.29, 0.717) is 18.0 Å². The highest BCUT2D eigenvalue weighted by Gasteiger charge is 2.26. The lowest BCUT2D eigenvalue weighted by Crippen LogP contribution is -2.35. The summed E-state index contributed by atoms with van der Waals surface area (Å²) in [6.07, 6.45) is 0.921. The van der Waals surface area contributed by atoms with Crippen LogP contribution in [0.3, 0.4) is 0 Å². The Labute approximate surface area is 164 Å². The number of carbonyl (C=O) groups is 1. The molecule has 0 bridgehead atoms. The second-order valence-electron chi connectivity index (χ2n) is 6.78. The van der Waals surface area contributed by atoms with Crippen LogP contribution in [-0.2, 0) is 0 Å². The lowest BCUT2D eigenvalue weighted by Gasteiger charge is -2.19. The number of carbonyl (C=O) groups excluding carboxylic acids is 1. The van der Waals surface area contributed by atoms with E-state index in [1.165, 1.54) is 0 Å². The van der Waals surface area contributed by atoms with E-state index in [4.69, 9.17) is 4.74 Å². The van der Waals surface area contributed by atoms with Crippen molar-refractivity contribution in [1.82, 2.24) is 4.90 Å². The first-order chi connectivity index (χ1) is 13.8. The van der Waals surface area contributed by atoms with Gasteiger partial charge >= 0.3 is 6.03 Å². The summed E-state index contributed by atoms with van der Waals surface area (Å²) in [5.41, 5.74) is 1.74. The van der Waals surface area contributed by atoms with Crippen LogP contribution >= 0.6 is 0 Å². The molecule has 0 aliphatic carbocycles. The van der Waals surface area contributed by atoms with Crippen molar-refractivity contribution in [3.63, 3.8) is 0 Å². The van der Waals surface area contributed by atoms with Crippen molar-refractivity contribution in [2.24, 2.45) is 0 Å². The maximum Gasteiger partial charge on any atom is 0.322 e. The zero-order chi connectivity index (χ0) is 19.2. The van der Waals surface area contributed by atoms with Gasteiger partial charge in [0.2, 0.25) is 0 Å². The Hall–Kier alpha value is -3.47. The minimum absolute atomic E-state index is 0.110. The maximum atomic E-state index is 12.7. The Morgan fingerprint density at radius 2 is 1.57 bits per heavy atom. The summed E-state index contributed by atoms with van der Waals surface area (Å²) in [6.45, 7) is 1.39. The highest BCUT2D eigenvalue weighted by Crippen LogP contribution is 2.29. The molecule has 28 heavy (non-hydrogen) atoms. The topological polar surface area (TPSA) is 53.6 Å². The van der Waals surface area contributed by atoms with Crippen LogP contribution in [0.15, 0.2) is 84.9 Å². The van der Waals surface area contributed by atoms with Gasteiger partial charge in [-0.25, -0.2) is 4.79 Å². The number of rotatable bonds is 5. The number of amides is 2. The van der Waals surface area contributed by atoms with Crippen molar-refractivity contribution in [3.05, 3.63) is 84.9 Å². The zero-order valence-electron chi connectivity index (χ0n) is 15.5. The van der Waals surface area contributed by atoms with Gasteiger partial charge in [-0.05, 0) is 42.8 Å². The van der Waals surface area contributed by atoms with Crippen LogP contribution in [-0.4, -0.2) is 30.1 Å². The molecular formula is C23H23N3O2. The monoisotopic (exact) mass is 373 g/mol. The van der Waals surface area contributed by atoms with Crippen LogP contribution in [0.2, 0.25) is 0 Å². The molecule has 0 spiro atoms. The van der Waals surface area contributed by atoms with E-state index >= 15 is 0 Å². The summed E-state index contributed by atoms with van der Waals surface area (Å²) in [5, 5.41) is 6.48. The third-order valence-corrected chi connectivity index (χ3v) is 4.72. The zero-order valence-corrected chi connectivity index (χ0v) is 15.5. The predicted molar refractivity (Wildman–Crippen MR) is 112 cm³/mol. The molecule has 5 heteroatoms. The Morgan fingerprint density at radius 1 is 0.893 bits per heavy atom. The molecule has 4 rings (SSSR count). The fourth-order valence-corrected chi connectivity index (χ4v) is 3.30. The Kier molecular flexibility index (Phi) is 5.43. The Morgan fingerprint density at radius 3 is 2.36 bits per heavy atom. The van der Waals surface area contributed by atoms with Crippen LogP contribution in [0.1, 0.15) is 6.42 Å². The van der Waals surface area contributed by atoms with E-state index in [0.717, 1.165) is 24.4 Å². The van der Waals surface area contributed by atoms with Gasteiger partial charge in [-0.1, -0.05) is 48.5 Å². The van der Waals surface area contributed by atoms with Gasteiger partial charge < -0.3 is 20.3 Å². The molecule has 5 nitrogen and oxygen atoms in total. The van der Waals surface area contributed by atoms with Crippen LogP contribution in [0.4, 0.5) is 16.2 Å². The number of nitrogens with one attached hydrogen (secondary N) is 2. The van der Waals surface area contributed by atoms with Crippen LogP contribution in [0.25, 0.3) is 0 Å². The summed E-state index contributed by atoms with van der Waals surface area (Å²) >= 11 is 0. The van der Waals surface area contributed by atoms with E-state index in [2.05, 4.69) is 10.6 Å². The second-order valence-corrected chi connectivity index (χ2v) is 6.78. The van der Waals surface area contributed by atoms with Gasteiger partial charge in [0.1, 0.15) is 5.75 Å². The third kappa shape index (κ3) is 4.43. The molecule has 1 aliphatic rings. The highest BCUT2D eigenvalue weighted by molar-refractivity contribution is 5.91. The number of para-hydroxylation sites is 4. The average Bonchev–Trinajstić information content (AvgIpc) is 3.20. The number of likely N-dealkylation sites (tertiary alicyclic amines) is 1. The third-order valence-electron chi connectivity index (χ3n) is 4.72. The second kappa shape index (κ2) is 8.48. The minimum Gasteiger partial charge on any atom is -0.455 e. The van der Waals surface area contributed by atoms with Crippen molar-refractivity contribution in [3.8, 4) is 11.5 Å². The fourth-order valence-electron chi connectivity index (χ4n) is 3.30. The molecule has 2 amide bonds. The first-order valence-electron chi connectivity index (χ1n) is 9.47. The van der Waals surface area contributed by atoms with E-state index in [1.54, 1.807) is 0 Å². The smallest absolute Gasteiger partial charge is 0.322 e. The van der Waals surface area contributed by atoms with Gasteiger partial charge in [0.05, 0.1) is 5.69 Å². The number of hydrogen-bond acceptors (Lipinski definition) is 3. The molecule has 3 aromatic rings. The number of urea groups is 1. The number of ether oxygens (including phenoxy) is 1. The van der Waals surface area contributed by atoms with Gasteiger partial charge in [-0.2, -0.15) is 0 Å². The van der Waals surface area contributed by atoms with E-state index in [9.17, 15) is 4.79 Å². The molecule has 1 heterocycles. The van der Waals surface area contributed by atoms with Gasteiger partial charge in [-0.3, -0.25) is 0 Å². The summed E-state index contributed by atoms with van der Waals surface area (Å²) in [7, 11) is 0. The number of benzene rings is 3. The van der Waals surface area contributed by atoms with E-state index < -0.39 is 0 Å². The molecule has 1 aliphatic heterocycles. The first kappa shape index (κ1) is 17.9. The average molecular weight is 373 g/mol. The van der Waals surface area contributed by atoms with Crippen LogP contribution in [0.5, 0.6) is 11.5 Å². The molecule has 1 saturated heterocycles. The quantitative estimate of drug-likeness (QED) is 0.646. The number of anilines is 2. The van der Waals surface area contributed by atoms with Gasteiger partial charge in [-0.15, -0.1) is 0 Å². The van der Waals surface area contributed by atoms with E-state index in [1.807, 2.05) is 89.8 Å². The fraction of sp³-hybridized carbons (Fsp3) is 0.174. The van der Waals surface area contributed by atoms with E-state index in [-0.39, 0.29) is 12.1 Å². The molecule has 0 radical (unpaired) electrons. The van der Waals surface area contributed by atoms with Crippen LogP contribution < -0.4 is 15.4 Å². The Balaban J connectivity index is 1.38. The number of hydrogen-bond donors (Lipinski definition) is 2. The maximum absolute atomic E-state index is 12.7. The lowest BCUT2D eigenvalue weighted by molar-refractivity contribution is 0.222. The summed E-state index contributed by atoms with van der Waals surface area (Å²) in [4.78, 5) is 14.6. The molecule has 142 valence electrons. The first-order valence-corrected chi connectivity index (χ1v) is 9.47. The molecule has 2 N–H and O–H groups in total. The van der Waals surface area contributed by atoms with Crippen molar-refractivity contribution in [2.75, 3.05) is 23.7 Å². The molecule has 1 unspecified atom stereocenters. The molecule has 1 atom stereocenters. The standard InChI is InChI=1S/C23H23N3O2/c27-23(26-16-15-19(17-26)24-18-9-3-1-4-10-18)25-21-13-7-8-14-22(21)28-20-11-5-2-6-12-20/h1-14,19,24H,15-17H2,(H,25,27). The van der Waals surface area contributed by atoms with Gasteiger partial charge in [0.15, 0.2) is 5.75 Å². The van der Waals surface area contributed by atoms with Crippen molar-refractivity contribution in [1.29, 1.82) is 0 Å². The largest absolute Gasteiger partial charge is 0.455 e. The molecule has 3 aromatic carbocycles. The normalized spacial score (nSPS) is 15.9. The lowest BCUT2D eigenvalue weighted by atomic mass is 10.2. The SMILES string of the molecule is O=C(Nc1ccccc1Oc1ccccc1)N1CCC(Nc2ccccc2)C1. The van der Waals surface area contributed by atoms with Crippen molar-refractivity contribution < 1.29 is 9.53 Å². The van der Waals surface area contributed by atoms with Gasteiger partial charge in [0, 0.05) is 24.8 Å². The van der Waals surface area contributed by atoms with Gasteiger partial charge in [0.25, 0.3) is 0 Å². The Bertz CT molecular complexity index is 915. The molecule has 0 aromatic heterocycles. The molecular weight excluding hydrogens is 350 g/mol.